The van der Waals surface area contributed by atoms with Gasteiger partial charge in [0.25, 0.3) is 5.91 Å². The standard InChI is InChI=1S/C24H31ClN4O3S/c1-27-14-16-28(17-15-27)22-9-5-4-8-21(22)26-24(30)19-10-11-20(25)23(18-19)33(31,32)29-12-6-2-3-7-13-29/h4-5,8-11,18H,2-3,6-7,12-17H2,1H3,(H,26,30). The van der Waals surface area contributed by atoms with Crippen LogP contribution in [0.3, 0.4) is 0 Å². The second kappa shape index (κ2) is 10.4. The van der Waals surface area contributed by atoms with Crippen LogP contribution in [-0.2, 0) is 10.0 Å². The Morgan fingerprint density at radius 3 is 2.27 bits per heavy atom. The van der Waals surface area contributed by atoms with E-state index in [0.29, 0.717) is 18.8 Å². The molecule has 0 radical (unpaired) electrons. The highest BCUT2D eigenvalue weighted by Gasteiger charge is 2.28. The number of likely N-dealkylation sites (N-methyl/N-ethyl adjacent to an activating group) is 1. The van der Waals surface area contributed by atoms with E-state index in [1.807, 2.05) is 24.3 Å². The van der Waals surface area contributed by atoms with E-state index in [1.165, 1.54) is 16.4 Å². The van der Waals surface area contributed by atoms with Crippen molar-refractivity contribution in [3.8, 4) is 0 Å². The lowest BCUT2D eigenvalue weighted by Gasteiger charge is -2.35. The van der Waals surface area contributed by atoms with Gasteiger partial charge in [0.05, 0.1) is 16.4 Å². The van der Waals surface area contributed by atoms with Crippen molar-refractivity contribution in [1.29, 1.82) is 0 Å². The molecule has 9 heteroatoms. The Balaban J connectivity index is 1.57. The van der Waals surface area contributed by atoms with Gasteiger partial charge >= 0.3 is 0 Å². The maximum atomic E-state index is 13.3. The number of carbonyl (C=O) groups excluding carboxylic acids is 1. The van der Waals surface area contributed by atoms with Gasteiger partial charge in [-0.25, -0.2) is 8.42 Å². The molecule has 0 atom stereocenters. The summed E-state index contributed by atoms with van der Waals surface area (Å²) >= 11 is 6.30. The lowest BCUT2D eigenvalue weighted by atomic mass is 10.1. The number of amides is 1. The minimum absolute atomic E-state index is 0.00827. The third-order valence-electron chi connectivity index (χ3n) is 6.37. The molecule has 2 fully saturated rings. The molecule has 0 unspecified atom stereocenters. The first-order valence-corrected chi connectivity index (χ1v) is 13.3. The molecule has 0 saturated carbocycles. The van der Waals surface area contributed by atoms with Crippen LogP contribution in [0.5, 0.6) is 0 Å². The molecule has 0 bridgehead atoms. The van der Waals surface area contributed by atoms with Gasteiger partial charge in [-0.1, -0.05) is 36.6 Å². The van der Waals surface area contributed by atoms with Gasteiger partial charge in [0, 0.05) is 44.8 Å². The lowest BCUT2D eigenvalue weighted by molar-refractivity contribution is 0.102. The topological polar surface area (TPSA) is 73.0 Å². The molecule has 2 heterocycles. The normalized spacial score (nSPS) is 18.7. The summed E-state index contributed by atoms with van der Waals surface area (Å²) in [5.74, 6) is -0.361. The van der Waals surface area contributed by atoms with E-state index in [-0.39, 0.29) is 21.4 Å². The number of nitrogens with zero attached hydrogens (tertiary/aromatic N) is 3. The zero-order valence-electron chi connectivity index (χ0n) is 19.0. The number of anilines is 2. The average Bonchev–Trinajstić information content (AvgIpc) is 3.10. The molecule has 0 spiro atoms. The Bertz CT molecular complexity index is 1090. The van der Waals surface area contributed by atoms with Crippen LogP contribution in [0.25, 0.3) is 0 Å². The van der Waals surface area contributed by atoms with Crippen LogP contribution in [0.15, 0.2) is 47.4 Å². The summed E-state index contributed by atoms with van der Waals surface area (Å²) in [6.07, 6.45) is 3.71. The second-order valence-corrected chi connectivity index (χ2v) is 11.0. The SMILES string of the molecule is CN1CCN(c2ccccc2NC(=O)c2ccc(Cl)c(S(=O)(=O)N3CCCCCC3)c2)CC1. The number of rotatable bonds is 5. The smallest absolute Gasteiger partial charge is 0.255 e. The van der Waals surface area contributed by atoms with E-state index >= 15 is 0 Å². The number of sulfonamides is 1. The van der Waals surface area contributed by atoms with Crippen molar-refractivity contribution in [3.63, 3.8) is 0 Å². The summed E-state index contributed by atoms with van der Waals surface area (Å²) in [7, 11) is -1.67. The zero-order valence-corrected chi connectivity index (χ0v) is 20.5. The number of nitrogens with one attached hydrogen (secondary N) is 1. The maximum absolute atomic E-state index is 13.3. The number of halogens is 1. The molecule has 2 aliphatic heterocycles. The van der Waals surface area contributed by atoms with Crippen molar-refractivity contribution < 1.29 is 13.2 Å². The fourth-order valence-corrected chi connectivity index (χ4v) is 6.38. The molecule has 2 aromatic carbocycles. The van der Waals surface area contributed by atoms with E-state index in [2.05, 4.69) is 22.2 Å². The van der Waals surface area contributed by atoms with Gasteiger partial charge < -0.3 is 15.1 Å². The van der Waals surface area contributed by atoms with Gasteiger partial charge in [0.2, 0.25) is 10.0 Å². The first-order valence-electron chi connectivity index (χ1n) is 11.5. The van der Waals surface area contributed by atoms with E-state index in [9.17, 15) is 13.2 Å². The summed E-state index contributed by atoms with van der Waals surface area (Å²) in [5.41, 5.74) is 1.94. The van der Waals surface area contributed by atoms with E-state index < -0.39 is 10.0 Å². The molecule has 1 N–H and O–H groups in total. The van der Waals surface area contributed by atoms with Crippen molar-refractivity contribution in [2.45, 2.75) is 30.6 Å². The predicted octanol–water partition coefficient (Wildman–Crippen LogP) is 3.91. The quantitative estimate of drug-likeness (QED) is 0.688. The number of carbonyl (C=O) groups is 1. The van der Waals surface area contributed by atoms with Gasteiger partial charge in [-0.05, 0) is 50.2 Å². The van der Waals surface area contributed by atoms with Crippen molar-refractivity contribution >= 4 is 38.9 Å². The minimum atomic E-state index is -3.77. The average molecular weight is 491 g/mol. The van der Waals surface area contributed by atoms with Crippen LogP contribution >= 0.6 is 11.6 Å². The van der Waals surface area contributed by atoms with E-state index in [4.69, 9.17) is 11.6 Å². The van der Waals surface area contributed by atoms with E-state index in [0.717, 1.165) is 57.5 Å². The highest BCUT2D eigenvalue weighted by Crippen LogP contribution is 2.30. The lowest BCUT2D eigenvalue weighted by Crippen LogP contribution is -2.44. The van der Waals surface area contributed by atoms with Gasteiger partial charge in [0.15, 0.2) is 0 Å². The molecule has 1 amide bonds. The van der Waals surface area contributed by atoms with Gasteiger partial charge in [0.1, 0.15) is 4.90 Å². The molecule has 2 aliphatic rings. The van der Waals surface area contributed by atoms with Crippen LogP contribution in [-0.4, -0.2) is 69.8 Å². The minimum Gasteiger partial charge on any atom is -0.367 e. The van der Waals surface area contributed by atoms with Crippen LogP contribution in [0.4, 0.5) is 11.4 Å². The summed E-state index contributed by atoms with van der Waals surface area (Å²) in [6.45, 7) is 4.63. The Kier molecular flexibility index (Phi) is 7.58. The molecule has 0 aliphatic carbocycles. The second-order valence-electron chi connectivity index (χ2n) is 8.73. The van der Waals surface area contributed by atoms with Gasteiger partial charge in [-0.2, -0.15) is 4.31 Å². The van der Waals surface area contributed by atoms with Crippen molar-refractivity contribution in [3.05, 3.63) is 53.1 Å². The van der Waals surface area contributed by atoms with Crippen LogP contribution in [0.1, 0.15) is 36.0 Å². The first kappa shape index (κ1) is 24.0. The third-order valence-corrected chi connectivity index (χ3v) is 8.75. The van der Waals surface area contributed by atoms with Crippen molar-refractivity contribution in [2.75, 3.05) is 56.5 Å². The summed E-state index contributed by atoms with van der Waals surface area (Å²) in [4.78, 5) is 17.7. The van der Waals surface area contributed by atoms with Gasteiger partial charge in [-0.3, -0.25) is 4.79 Å². The summed E-state index contributed by atoms with van der Waals surface area (Å²) in [6, 6.07) is 12.2. The third kappa shape index (κ3) is 5.51. The summed E-state index contributed by atoms with van der Waals surface area (Å²) < 4.78 is 28.1. The molecule has 7 nitrogen and oxygen atoms in total. The number of para-hydroxylation sites is 2. The van der Waals surface area contributed by atoms with Crippen LogP contribution < -0.4 is 10.2 Å². The van der Waals surface area contributed by atoms with Crippen LogP contribution in [0, 0.1) is 0 Å². The Morgan fingerprint density at radius 1 is 0.909 bits per heavy atom. The number of hydrogen-bond acceptors (Lipinski definition) is 5. The maximum Gasteiger partial charge on any atom is 0.255 e. The first-order chi connectivity index (χ1) is 15.9. The molecule has 2 saturated heterocycles. The molecular formula is C24H31ClN4O3S. The largest absolute Gasteiger partial charge is 0.367 e. The fourth-order valence-electron chi connectivity index (χ4n) is 4.36. The molecule has 2 aromatic rings. The fraction of sp³-hybridized carbons (Fsp3) is 0.458. The predicted molar refractivity (Wildman–Crippen MR) is 133 cm³/mol. The highest BCUT2D eigenvalue weighted by atomic mass is 35.5. The molecule has 178 valence electrons. The number of hydrogen-bond donors (Lipinski definition) is 1. The molecule has 33 heavy (non-hydrogen) atoms. The number of piperazine rings is 1. The highest BCUT2D eigenvalue weighted by molar-refractivity contribution is 7.89. The van der Waals surface area contributed by atoms with Crippen LogP contribution in [0.2, 0.25) is 5.02 Å². The zero-order chi connectivity index (χ0) is 23.4. The number of benzene rings is 2. The summed E-state index contributed by atoms with van der Waals surface area (Å²) in [5, 5.41) is 3.11. The Hall–Kier alpha value is -2.13. The molecule has 0 aromatic heterocycles. The Morgan fingerprint density at radius 2 is 1.58 bits per heavy atom. The Labute approximate surface area is 201 Å². The van der Waals surface area contributed by atoms with E-state index in [1.54, 1.807) is 6.07 Å². The van der Waals surface area contributed by atoms with Gasteiger partial charge in [-0.15, -0.1) is 0 Å². The molecule has 4 rings (SSSR count). The monoisotopic (exact) mass is 490 g/mol. The molecular weight excluding hydrogens is 460 g/mol. The van der Waals surface area contributed by atoms with Crippen molar-refractivity contribution in [1.82, 2.24) is 9.21 Å². The van der Waals surface area contributed by atoms with Crippen molar-refractivity contribution in [2.24, 2.45) is 0 Å².